The van der Waals surface area contributed by atoms with Crippen LogP contribution in [0.3, 0.4) is 0 Å². The molecule has 0 aromatic heterocycles. The molecule has 0 aliphatic rings. The van der Waals surface area contributed by atoms with Gasteiger partial charge in [-0.15, -0.1) is 6.42 Å². The van der Waals surface area contributed by atoms with Crippen LogP contribution in [-0.4, -0.2) is 43.5 Å². The zero-order valence-corrected chi connectivity index (χ0v) is 8.22. The normalized spacial score (nSPS) is 11.1. The summed E-state index contributed by atoms with van der Waals surface area (Å²) in [5.41, 5.74) is 0. The van der Waals surface area contributed by atoms with E-state index >= 15 is 0 Å². The van der Waals surface area contributed by atoms with Gasteiger partial charge in [0.1, 0.15) is 0 Å². The van der Waals surface area contributed by atoms with Crippen LogP contribution in [0.25, 0.3) is 0 Å². The summed E-state index contributed by atoms with van der Waals surface area (Å²) in [6.45, 7) is 0.747. The third kappa shape index (κ3) is 4.19. The van der Waals surface area contributed by atoms with Crippen LogP contribution in [0.4, 0.5) is 8.78 Å². The van der Waals surface area contributed by atoms with Gasteiger partial charge in [-0.05, 0) is 14.0 Å². The Bertz CT molecular complexity index is 235. The van der Waals surface area contributed by atoms with Crippen molar-refractivity contribution in [3.63, 3.8) is 0 Å². The number of nitrogens with zero attached hydrogens (tertiary/aromatic N) is 1. The molecule has 5 heteroatoms. The van der Waals surface area contributed by atoms with Crippen molar-refractivity contribution in [2.24, 2.45) is 0 Å². The molecule has 0 aliphatic carbocycles. The van der Waals surface area contributed by atoms with E-state index in [1.807, 2.05) is 0 Å². The van der Waals surface area contributed by atoms with Gasteiger partial charge in [-0.25, -0.2) is 4.79 Å². The second-order valence-corrected chi connectivity index (χ2v) is 2.80. The summed E-state index contributed by atoms with van der Waals surface area (Å²) in [6.07, 6.45) is 4.93. The van der Waals surface area contributed by atoms with Crippen molar-refractivity contribution in [1.82, 2.24) is 4.90 Å². The van der Waals surface area contributed by atoms with E-state index in [1.54, 1.807) is 0 Å². The Balaban J connectivity index is 4.19. The van der Waals surface area contributed by atoms with Gasteiger partial charge in [-0.3, -0.25) is 4.90 Å². The summed E-state index contributed by atoms with van der Waals surface area (Å²) in [5.74, 6) is -2.81. The molecule has 3 nitrogen and oxygen atoms in total. The molecule has 0 radical (unpaired) electrons. The Morgan fingerprint density at radius 3 is 2.64 bits per heavy atom. The predicted octanol–water partition coefficient (Wildman–Crippen LogP) is 0.750. The number of hydrogen-bond acceptors (Lipinski definition) is 3. The lowest BCUT2D eigenvalue weighted by molar-refractivity contribution is -0.173. The average molecular weight is 205 g/mol. The van der Waals surface area contributed by atoms with Crippen LogP contribution in [0.5, 0.6) is 0 Å². The summed E-state index contributed by atoms with van der Waals surface area (Å²) in [7, 11) is 1.41. The lowest BCUT2D eigenvalue weighted by Gasteiger charge is -2.20. The molecular weight excluding hydrogens is 192 g/mol. The highest BCUT2D eigenvalue weighted by atomic mass is 19.3. The van der Waals surface area contributed by atoms with E-state index in [0.717, 1.165) is 0 Å². The molecule has 14 heavy (non-hydrogen) atoms. The SMILES string of the molecule is C#CCN(C)CC(F)(F)C(=O)OCC. The van der Waals surface area contributed by atoms with Gasteiger partial charge in [0, 0.05) is 0 Å². The maximum Gasteiger partial charge on any atom is 0.378 e. The molecular formula is C9H13F2NO2. The number of rotatable bonds is 5. The molecule has 0 amide bonds. The Morgan fingerprint density at radius 1 is 1.64 bits per heavy atom. The fourth-order valence-corrected chi connectivity index (χ4v) is 0.852. The minimum Gasteiger partial charge on any atom is -0.462 e. The first-order valence-electron chi connectivity index (χ1n) is 4.11. The molecule has 0 aromatic rings. The number of esters is 1. The monoisotopic (exact) mass is 205 g/mol. The lowest BCUT2D eigenvalue weighted by atomic mass is 10.3. The average Bonchev–Trinajstić information content (AvgIpc) is 2.03. The Kier molecular flexibility index (Phi) is 5.10. The number of hydrogen-bond donors (Lipinski definition) is 0. The molecule has 0 saturated heterocycles. The van der Waals surface area contributed by atoms with Crippen molar-refractivity contribution in [3.05, 3.63) is 0 Å². The molecule has 0 heterocycles. The van der Waals surface area contributed by atoms with Crippen LogP contribution in [0.2, 0.25) is 0 Å². The van der Waals surface area contributed by atoms with Crippen molar-refractivity contribution >= 4 is 5.97 Å². The first kappa shape index (κ1) is 12.8. The molecule has 0 aliphatic heterocycles. The molecule has 0 spiro atoms. The van der Waals surface area contributed by atoms with Gasteiger partial charge in [0.2, 0.25) is 0 Å². The maximum atomic E-state index is 13.0. The van der Waals surface area contributed by atoms with E-state index in [9.17, 15) is 13.6 Å². The summed E-state index contributed by atoms with van der Waals surface area (Å²) >= 11 is 0. The standard InChI is InChI=1S/C9H13F2NO2/c1-4-6-12(3)7-9(10,11)8(13)14-5-2/h1H,5-7H2,2-3H3. The molecule has 0 fully saturated rings. The van der Waals surface area contributed by atoms with Gasteiger partial charge in [0.15, 0.2) is 0 Å². The van der Waals surface area contributed by atoms with E-state index in [-0.39, 0.29) is 13.2 Å². The summed E-state index contributed by atoms with van der Waals surface area (Å²) < 4.78 is 30.2. The Labute approximate surface area is 82.0 Å². The summed E-state index contributed by atoms with van der Waals surface area (Å²) in [5, 5.41) is 0. The van der Waals surface area contributed by atoms with E-state index in [0.29, 0.717) is 0 Å². The lowest BCUT2D eigenvalue weighted by Crippen LogP contribution is -2.42. The zero-order chi connectivity index (χ0) is 11.2. The van der Waals surface area contributed by atoms with Gasteiger partial charge < -0.3 is 4.74 Å². The summed E-state index contributed by atoms with van der Waals surface area (Å²) in [4.78, 5) is 11.9. The van der Waals surface area contributed by atoms with Crippen LogP contribution in [0.15, 0.2) is 0 Å². The van der Waals surface area contributed by atoms with E-state index in [4.69, 9.17) is 6.42 Å². The van der Waals surface area contributed by atoms with Crippen LogP contribution >= 0.6 is 0 Å². The van der Waals surface area contributed by atoms with E-state index in [1.165, 1.54) is 18.9 Å². The number of terminal acetylenes is 1. The first-order valence-corrected chi connectivity index (χ1v) is 4.11. The molecule has 80 valence electrons. The van der Waals surface area contributed by atoms with Crippen LogP contribution in [-0.2, 0) is 9.53 Å². The molecule has 0 unspecified atom stereocenters. The highest BCUT2D eigenvalue weighted by Crippen LogP contribution is 2.16. The topological polar surface area (TPSA) is 29.5 Å². The van der Waals surface area contributed by atoms with Gasteiger partial charge in [-0.2, -0.15) is 8.78 Å². The Morgan fingerprint density at radius 2 is 2.21 bits per heavy atom. The number of carbonyl (C=O) groups is 1. The molecule has 0 N–H and O–H groups in total. The third-order valence-electron chi connectivity index (χ3n) is 1.40. The van der Waals surface area contributed by atoms with Crippen molar-refractivity contribution < 1.29 is 18.3 Å². The minimum absolute atomic E-state index is 0.0622. The number of ether oxygens (including phenoxy) is 1. The van der Waals surface area contributed by atoms with Crippen molar-refractivity contribution in [2.45, 2.75) is 12.8 Å². The predicted molar refractivity (Wildman–Crippen MR) is 47.9 cm³/mol. The number of halogens is 2. The highest BCUT2D eigenvalue weighted by Gasteiger charge is 2.41. The van der Waals surface area contributed by atoms with Crippen LogP contribution < -0.4 is 0 Å². The first-order chi connectivity index (χ1) is 6.44. The zero-order valence-electron chi connectivity index (χ0n) is 8.22. The van der Waals surface area contributed by atoms with Gasteiger partial charge in [0.25, 0.3) is 0 Å². The van der Waals surface area contributed by atoms with Gasteiger partial charge in [0.05, 0.1) is 19.7 Å². The maximum absolute atomic E-state index is 13.0. The Hall–Kier alpha value is -1.15. The van der Waals surface area contributed by atoms with Crippen molar-refractivity contribution in [2.75, 3.05) is 26.7 Å². The van der Waals surface area contributed by atoms with E-state index < -0.39 is 18.4 Å². The quantitative estimate of drug-likeness (QED) is 0.490. The smallest absolute Gasteiger partial charge is 0.378 e. The number of carbonyl (C=O) groups excluding carboxylic acids is 1. The van der Waals surface area contributed by atoms with Crippen LogP contribution in [0, 0.1) is 12.3 Å². The van der Waals surface area contributed by atoms with Crippen LogP contribution in [0.1, 0.15) is 6.92 Å². The van der Waals surface area contributed by atoms with Crippen molar-refractivity contribution in [1.29, 1.82) is 0 Å². The molecule has 0 rings (SSSR count). The largest absolute Gasteiger partial charge is 0.462 e. The highest BCUT2D eigenvalue weighted by molar-refractivity contribution is 5.77. The number of alkyl halides is 2. The van der Waals surface area contributed by atoms with Crippen molar-refractivity contribution in [3.8, 4) is 12.3 Å². The van der Waals surface area contributed by atoms with Gasteiger partial charge >= 0.3 is 11.9 Å². The minimum atomic E-state index is -3.50. The third-order valence-corrected chi connectivity index (χ3v) is 1.40. The molecule has 0 atom stereocenters. The second-order valence-electron chi connectivity index (χ2n) is 2.80. The van der Waals surface area contributed by atoms with Gasteiger partial charge in [-0.1, -0.05) is 5.92 Å². The molecule has 0 bridgehead atoms. The summed E-state index contributed by atoms with van der Waals surface area (Å²) in [6, 6.07) is 0. The molecule has 0 aromatic carbocycles. The second kappa shape index (κ2) is 5.55. The fourth-order valence-electron chi connectivity index (χ4n) is 0.852. The van der Waals surface area contributed by atoms with E-state index in [2.05, 4.69) is 10.7 Å². The fraction of sp³-hybridized carbons (Fsp3) is 0.667. The molecule has 0 saturated carbocycles.